The molecule has 0 heterocycles. The molecule has 0 aromatic rings. The Kier molecular flexibility index (Phi) is 15.0. The molecule has 0 saturated carbocycles. The molecule has 0 spiro atoms. The van der Waals surface area contributed by atoms with Crippen molar-refractivity contribution >= 4 is 5.91 Å². The molecule has 0 unspecified atom stereocenters. The SMILES string of the molecule is CCCCCCCCCC(=O)NCCCOCCN. The van der Waals surface area contributed by atoms with Crippen LogP contribution in [-0.4, -0.2) is 32.2 Å². The Labute approximate surface area is 118 Å². The topological polar surface area (TPSA) is 64.3 Å². The fraction of sp³-hybridized carbons (Fsp3) is 0.933. The van der Waals surface area contributed by atoms with Crippen LogP contribution in [0.5, 0.6) is 0 Å². The summed E-state index contributed by atoms with van der Waals surface area (Å²) in [6.07, 6.45) is 10.3. The number of rotatable bonds is 14. The lowest BCUT2D eigenvalue weighted by molar-refractivity contribution is -0.121. The fourth-order valence-electron chi connectivity index (χ4n) is 1.92. The molecule has 114 valence electrons. The average Bonchev–Trinajstić information content (AvgIpc) is 2.41. The Bertz CT molecular complexity index is 199. The zero-order valence-corrected chi connectivity index (χ0v) is 12.6. The largest absolute Gasteiger partial charge is 0.380 e. The Balaban J connectivity index is 3.13. The standard InChI is InChI=1S/C15H32N2O2/c1-2-3-4-5-6-7-8-10-15(18)17-12-9-13-19-14-11-16/h2-14,16H2,1H3,(H,17,18). The Morgan fingerprint density at radius 3 is 2.37 bits per heavy atom. The number of hydrogen-bond donors (Lipinski definition) is 2. The summed E-state index contributed by atoms with van der Waals surface area (Å²) in [6, 6.07) is 0. The van der Waals surface area contributed by atoms with Gasteiger partial charge in [-0.15, -0.1) is 0 Å². The maximum absolute atomic E-state index is 11.5. The van der Waals surface area contributed by atoms with Gasteiger partial charge in [-0.2, -0.15) is 0 Å². The summed E-state index contributed by atoms with van der Waals surface area (Å²) in [5, 5.41) is 2.92. The Hall–Kier alpha value is -0.610. The van der Waals surface area contributed by atoms with Gasteiger partial charge in [0.25, 0.3) is 0 Å². The quantitative estimate of drug-likeness (QED) is 0.478. The molecule has 0 aromatic carbocycles. The molecule has 0 saturated heterocycles. The molecule has 4 heteroatoms. The second-order valence-corrected chi connectivity index (χ2v) is 4.98. The smallest absolute Gasteiger partial charge is 0.219 e. The summed E-state index contributed by atoms with van der Waals surface area (Å²) < 4.78 is 5.23. The number of unbranched alkanes of at least 4 members (excludes halogenated alkanes) is 6. The average molecular weight is 272 g/mol. The molecule has 3 N–H and O–H groups in total. The molecule has 0 aliphatic carbocycles. The third-order valence-electron chi connectivity index (χ3n) is 3.06. The van der Waals surface area contributed by atoms with E-state index in [0.717, 1.165) is 12.8 Å². The van der Waals surface area contributed by atoms with Crippen LogP contribution in [0.1, 0.15) is 64.7 Å². The lowest BCUT2D eigenvalue weighted by atomic mass is 10.1. The van der Waals surface area contributed by atoms with Crippen LogP contribution in [0.4, 0.5) is 0 Å². The van der Waals surface area contributed by atoms with E-state index in [9.17, 15) is 4.79 Å². The van der Waals surface area contributed by atoms with Crippen molar-refractivity contribution in [2.75, 3.05) is 26.3 Å². The summed E-state index contributed by atoms with van der Waals surface area (Å²) in [5.41, 5.74) is 5.30. The van der Waals surface area contributed by atoms with E-state index >= 15 is 0 Å². The molecule has 0 aromatic heterocycles. The van der Waals surface area contributed by atoms with E-state index in [1.54, 1.807) is 0 Å². The van der Waals surface area contributed by atoms with Crippen LogP contribution in [0.2, 0.25) is 0 Å². The van der Waals surface area contributed by atoms with E-state index in [1.807, 2.05) is 0 Å². The first-order valence-corrected chi connectivity index (χ1v) is 7.85. The molecule has 0 rings (SSSR count). The van der Waals surface area contributed by atoms with E-state index in [4.69, 9.17) is 10.5 Å². The minimum atomic E-state index is 0.174. The summed E-state index contributed by atoms with van der Waals surface area (Å²) in [6.45, 7) is 4.77. The van der Waals surface area contributed by atoms with Crippen molar-refractivity contribution in [3.8, 4) is 0 Å². The second kappa shape index (κ2) is 15.4. The zero-order valence-electron chi connectivity index (χ0n) is 12.6. The van der Waals surface area contributed by atoms with Crippen LogP contribution in [0.15, 0.2) is 0 Å². The van der Waals surface area contributed by atoms with Crippen LogP contribution >= 0.6 is 0 Å². The minimum Gasteiger partial charge on any atom is -0.380 e. The third kappa shape index (κ3) is 15.3. The molecule has 1 amide bonds. The van der Waals surface area contributed by atoms with E-state index in [2.05, 4.69) is 12.2 Å². The number of carbonyl (C=O) groups excluding carboxylic acids is 1. The number of ether oxygens (including phenoxy) is 1. The molecule has 0 aliphatic heterocycles. The van der Waals surface area contributed by atoms with Crippen molar-refractivity contribution in [1.29, 1.82) is 0 Å². The van der Waals surface area contributed by atoms with Gasteiger partial charge in [0.05, 0.1) is 6.61 Å². The number of amides is 1. The maximum atomic E-state index is 11.5. The highest BCUT2D eigenvalue weighted by Crippen LogP contribution is 2.08. The van der Waals surface area contributed by atoms with Gasteiger partial charge in [0, 0.05) is 26.1 Å². The van der Waals surface area contributed by atoms with E-state index in [0.29, 0.717) is 32.7 Å². The first-order valence-electron chi connectivity index (χ1n) is 7.85. The molecule has 0 radical (unpaired) electrons. The highest BCUT2D eigenvalue weighted by atomic mass is 16.5. The van der Waals surface area contributed by atoms with Gasteiger partial charge in [-0.25, -0.2) is 0 Å². The number of carbonyl (C=O) groups is 1. The lowest BCUT2D eigenvalue weighted by Gasteiger charge is -2.05. The summed E-state index contributed by atoms with van der Waals surface area (Å²) in [5.74, 6) is 0.174. The number of hydrogen-bond acceptors (Lipinski definition) is 3. The van der Waals surface area contributed by atoms with Gasteiger partial charge in [-0.1, -0.05) is 45.4 Å². The van der Waals surface area contributed by atoms with Crippen molar-refractivity contribution in [2.45, 2.75) is 64.7 Å². The predicted molar refractivity (Wildman–Crippen MR) is 80.1 cm³/mol. The van der Waals surface area contributed by atoms with Crippen molar-refractivity contribution in [1.82, 2.24) is 5.32 Å². The summed E-state index contributed by atoms with van der Waals surface area (Å²) in [7, 11) is 0. The molecule has 0 bridgehead atoms. The summed E-state index contributed by atoms with van der Waals surface area (Å²) >= 11 is 0. The minimum absolute atomic E-state index is 0.174. The van der Waals surface area contributed by atoms with Gasteiger partial charge < -0.3 is 15.8 Å². The lowest BCUT2D eigenvalue weighted by Crippen LogP contribution is -2.25. The molecule has 19 heavy (non-hydrogen) atoms. The van der Waals surface area contributed by atoms with Crippen LogP contribution in [0.3, 0.4) is 0 Å². The normalized spacial score (nSPS) is 10.6. The van der Waals surface area contributed by atoms with Gasteiger partial charge in [-0.3, -0.25) is 4.79 Å². The van der Waals surface area contributed by atoms with E-state index in [1.165, 1.54) is 38.5 Å². The Morgan fingerprint density at radius 2 is 1.68 bits per heavy atom. The molecule has 0 aliphatic rings. The van der Waals surface area contributed by atoms with E-state index < -0.39 is 0 Å². The van der Waals surface area contributed by atoms with Gasteiger partial charge in [-0.05, 0) is 12.8 Å². The van der Waals surface area contributed by atoms with Crippen LogP contribution in [-0.2, 0) is 9.53 Å². The van der Waals surface area contributed by atoms with Gasteiger partial charge in [0.15, 0.2) is 0 Å². The highest BCUT2D eigenvalue weighted by molar-refractivity contribution is 5.75. The zero-order chi connectivity index (χ0) is 14.2. The first kappa shape index (κ1) is 18.4. The molecule has 0 fully saturated rings. The van der Waals surface area contributed by atoms with Crippen molar-refractivity contribution in [3.05, 3.63) is 0 Å². The predicted octanol–water partition coefficient (Wildman–Crippen LogP) is 2.61. The van der Waals surface area contributed by atoms with Crippen LogP contribution in [0.25, 0.3) is 0 Å². The van der Waals surface area contributed by atoms with Gasteiger partial charge >= 0.3 is 0 Å². The first-order chi connectivity index (χ1) is 9.31. The maximum Gasteiger partial charge on any atom is 0.219 e. The van der Waals surface area contributed by atoms with Crippen LogP contribution < -0.4 is 11.1 Å². The molecular weight excluding hydrogens is 240 g/mol. The van der Waals surface area contributed by atoms with Gasteiger partial charge in [0.1, 0.15) is 0 Å². The number of nitrogens with two attached hydrogens (primary N) is 1. The second-order valence-electron chi connectivity index (χ2n) is 4.98. The van der Waals surface area contributed by atoms with Crippen molar-refractivity contribution < 1.29 is 9.53 Å². The molecule has 4 nitrogen and oxygen atoms in total. The van der Waals surface area contributed by atoms with Crippen molar-refractivity contribution in [3.63, 3.8) is 0 Å². The molecule has 0 atom stereocenters. The fourth-order valence-corrected chi connectivity index (χ4v) is 1.92. The Morgan fingerprint density at radius 1 is 1.00 bits per heavy atom. The van der Waals surface area contributed by atoms with Crippen molar-refractivity contribution in [2.24, 2.45) is 5.73 Å². The van der Waals surface area contributed by atoms with Crippen LogP contribution in [0, 0.1) is 0 Å². The summed E-state index contributed by atoms with van der Waals surface area (Å²) in [4.78, 5) is 11.5. The third-order valence-corrected chi connectivity index (χ3v) is 3.06. The molecular formula is C15H32N2O2. The van der Waals surface area contributed by atoms with E-state index in [-0.39, 0.29) is 5.91 Å². The van der Waals surface area contributed by atoms with Gasteiger partial charge in [0.2, 0.25) is 5.91 Å². The monoisotopic (exact) mass is 272 g/mol. The number of nitrogens with one attached hydrogen (secondary N) is 1. The highest BCUT2D eigenvalue weighted by Gasteiger charge is 2.00.